The maximum absolute atomic E-state index is 3.65. The van der Waals surface area contributed by atoms with Crippen molar-refractivity contribution in [1.29, 1.82) is 0 Å². The molecule has 0 aliphatic heterocycles. The molecule has 1 aromatic rings. The molecular formula is C3H2BrN2. The first-order valence-electron chi connectivity index (χ1n) is 1.46. The Balaban J connectivity index is 3.05. The number of rotatable bonds is 0. The molecular weight excluding hydrogens is 144 g/mol. The monoisotopic (exact) mass is 145 g/mol. The number of halogens is 1. The van der Waals surface area contributed by atoms with Crippen molar-refractivity contribution in [2.24, 2.45) is 0 Å². The van der Waals surface area contributed by atoms with Gasteiger partial charge in [-0.05, 0) is 15.9 Å². The van der Waals surface area contributed by atoms with Crippen LogP contribution in [0.1, 0.15) is 0 Å². The molecule has 3 heteroatoms. The number of aromatic amines is 1. The van der Waals surface area contributed by atoms with E-state index in [2.05, 4.69) is 32.2 Å². The van der Waals surface area contributed by atoms with Gasteiger partial charge in [-0.3, -0.25) is 5.10 Å². The number of H-pyrrole nitrogens is 1. The maximum Gasteiger partial charge on any atom is 0.135 e. The zero-order valence-electron chi connectivity index (χ0n) is 2.90. The molecule has 0 unspecified atom stereocenters. The smallest absolute Gasteiger partial charge is 0.135 e. The molecule has 2 nitrogen and oxygen atoms in total. The molecule has 0 saturated heterocycles. The molecule has 0 amide bonds. The standard InChI is InChI=1S/C3H2BrN2/c4-3-1-2-5-6-3/h2H,(H,5,6). The zero-order valence-corrected chi connectivity index (χ0v) is 4.49. The first kappa shape index (κ1) is 3.87. The lowest BCUT2D eigenvalue weighted by atomic mass is 10.8. The van der Waals surface area contributed by atoms with Crippen LogP contribution in [-0.2, 0) is 0 Å². The van der Waals surface area contributed by atoms with Gasteiger partial charge in [0.25, 0.3) is 0 Å². The average molecular weight is 146 g/mol. The number of nitrogens with one attached hydrogen (secondary N) is 1. The van der Waals surface area contributed by atoms with Crippen LogP contribution in [0.4, 0.5) is 0 Å². The molecule has 0 atom stereocenters. The summed E-state index contributed by atoms with van der Waals surface area (Å²) >= 11 is 3.08. The van der Waals surface area contributed by atoms with Crippen LogP contribution in [0.2, 0.25) is 0 Å². The molecule has 0 aliphatic carbocycles. The van der Waals surface area contributed by atoms with Gasteiger partial charge in [-0.2, -0.15) is 5.10 Å². The van der Waals surface area contributed by atoms with Crippen molar-refractivity contribution in [3.05, 3.63) is 16.9 Å². The van der Waals surface area contributed by atoms with Gasteiger partial charge in [-0.15, -0.1) is 0 Å². The average Bonchev–Trinajstić information content (AvgIpc) is 1.86. The number of hydrogen-bond donors (Lipinski definition) is 1. The van der Waals surface area contributed by atoms with E-state index in [1.54, 1.807) is 6.20 Å². The lowest BCUT2D eigenvalue weighted by Crippen LogP contribution is -1.59. The van der Waals surface area contributed by atoms with E-state index >= 15 is 0 Å². The molecule has 0 fully saturated rings. The Kier molecular flexibility index (Phi) is 0.919. The summed E-state index contributed by atoms with van der Waals surface area (Å²) in [5.74, 6) is 0. The summed E-state index contributed by atoms with van der Waals surface area (Å²) in [6.45, 7) is 0. The van der Waals surface area contributed by atoms with E-state index in [-0.39, 0.29) is 0 Å². The molecule has 6 heavy (non-hydrogen) atoms. The van der Waals surface area contributed by atoms with Crippen LogP contribution in [0.5, 0.6) is 0 Å². The Hall–Kier alpha value is -0.310. The Morgan fingerprint density at radius 1 is 2.00 bits per heavy atom. The van der Waals surface area contributed by atoms with Crippen molar-refractivity contribution >= 4 is 15.9 Å². The molecule has 0 saturated carbocycles. The van der Waals surface area contributed by atoms with Crippen LogP contribution >= 0.6 is 15.9 Å². The van der Waals surface area contributed by atoms with Gasteiger partial charge in [-0.25, -0.2) is 0 Å². The highest BCUT2D eigenvalue weighted by Gasteiger charge is 1.78. The molecule has 1 heterocycles. The minimum absolute atomic E-state index is 0.725. The molecule has 1 aromatic heterocycles. The summed E-state index contributed by atoms with van der Waals surface area (Å²) in [6, 6.07) is 2.75. The van der Waals surface area contributed by atoms with Gasteiger partial charge in [0.2, 0.25) is 0 Å². The molecule has 31 valence electrons. The Morgan fingerprint density at radius 2 is 2.83 bits per heavy atom. The summed E-state index contributed by atoms with van der Waals surface area (Å²) in [5.41, 5.74) is 0. The topological polar surface area (TPSA) is 28.7 Å². The molecule has 1 radical (unpaired) electrons. The van der Waals surface area contributed by atoms with Crippen LogP contribution in [0.25, 0.3) is 0 Å². The van der Waals surface area contributed by atoms with Gasteiger partial charge in [0.1, 0.15) is 4.60 Å². The lowest BCUT2D eigenvalue weighted by molar-refractivity contribution is 1.07. The summed E-state index contributed by atoms with van der Waals surface area (Å²) in [4.78, 5) is 0. The first-order chi connectivity index (χ1) is 2.89. The van der Waals surface area contributed by atoms with Crippen molar-refractivity contribution < 1.29 is 0 Å². The van der Waals surface area contributed by atoms with Crippen LogP contribution in [-0.4, -0.2) is 10.2 Å². The van der Waals surface area contributed by atoms with Gasteiger partial charge in [-0.1, -0.05) is 0 Å². The predicted octanol–water partition coefficient (Wildman–Crippen LogP) is 0.972. The van der Waals surface area contributed by atoms with E-state index in [0.717, 1.165) is 4.60 Å². The Bertz CT molecular complexity index is 112. The highest BCUT2D eigenvalue weighted by Crippen LogP contribution is 1.97. The van der Waals surface area contributed by atoms with Gasteiger partial charge in [0.05, 0.1) is 0 Å². The van der Waals surface area contributed by atoms with Crippen molar-refractivity contribution in [2.75, 3.05) is 0 Å². The van der Waals surface area contributed by atoms with E-state index in [9.17, 15) is 0 Å². The number of hydrogen-bond acceptors (Lipinski definition) is 1. The normalized spacial score (nSPS) is 8.83. The fourth-order valence-electron chi connectivity index (χ4n) is 0.213. The largest absolute Gasteiger partial charge is 0.284 e. The molecule has 0 spiro atoms. The van der Waals surface area contributed by atoms with Crippen LogP contribution in [0.15, 0.2) is 10.8 Å². The summed E-state index contributed by atoms with van der Waals surface area (Å²) in [5, 5.41) is 6.23. The second kappa shape index (κ2) is 1.43. The third kappa shape index (κ3) is 0.597. The molecule has 1 N–H and O–H groups in total. The van der Waals surface area contributed by atoms with Crippen LogP contribution in [0, 0.1) is 6.07 Å². The second-order valence-corrected chi connectivity index (χ2v) is 1.57. The van der Waals surface area contributed by atoms with Crippen LogP contribution < -0.4 is 0 Å². The first-order valence-corrected chi connectivity index (χ1v) is 2.26. The Morgan fingerprint density at radius 3 is 3.00 bits per heavy atom. The van der Waals surface area contributed by atoms with E-state index in [1.165, 1.54) is 0 Å². The van der Waals surface area contributed by atoms with Crippen molar-refractivity contribution in [3.8, 4) is 0 Å². The van der Waals surface area contributed by atoms with Gasteiger partial charge >= 0.3 is 0 Å². The summed E-state index contributed by atoms with van der Waals surface area (Å²) in [7, 11) is 0. The van der Waals surface area contributed by atoms with Gasteiger partial charge < -0.3 is 0 Å². The van der Waals surface area contributed by atoms with Crippen LogP contribution in [0.3, 0.4) is 0 Å². The van der Waals surface area contributed by atoms with E-state index in [0.29, 0.717) is 0 Å². The van der Waals surface area contributed by atoms with E-state index in [1.807, 2.05) is 0 Å². The van der Waals surface area contributed by atoms with Crippen molar-refractivity contribution in [2.45, 2.75) is 0 Å². The van der Waals surface area contributed by atoms with E-state index in [4.69, 9.17) is 0 Å². The van der Waals surface area contributed by atoms with Crippen molar-refractivity contribution in [3.63, 3.8) is 0 Å². The molecule has 0 aliphatic rings. The SMILES string of the molecule is Brc1[c]c[nH]n1. The van der Waals surface area contributed by atoms with E-state index < -0.39 is 0 Å². The molecule has 0 bridgehead atoms. The lowest BCUT2D eigenvalue weighted by Gasteiger charge is -1.61. The molecule has 0 aromatic carbocycles. The quantitative estimate of drug-likeness (QED) is 0.580. The summed E-state index contributed by atoms with van der Waals surface area (Å²) < 4.78 is 0.725. The number of nitrogens with zero attached hydrogens (tertiary/aromatic N) is 1. The van der Waals surface area contributed by atoms with Crippen molar-refractivity contribution in [1.82, 2.24) is 10.2 Å². The maximum atomic E-state index is 3.65. The van der Waals surface area contributed by atoms with Gasteiger partial charge in [0, 0.05) is 12.3 Å². The third-order valence-electron chi connectivity index (χ3n) is 0.419. The highest BCUT2D eigenvalue weighted by molar-refractivity contribution is 9.10. The zero-order chi connectivity index (χ0) is 4.41. The fourth-order valence-corrected chi connectivity index (χ4v) is 0.430. The predicted molar refractivity (Wildman–Crippen MR) is 25.1 cm³/mol. The second-order valence-electron chi connectivity index (χ2n) is 0.820. The Labute approximate surface area is 43.7 Å². The minimum Gasteiger partial charge on any atom is -0.284 e. The fraction of sp³-hybridized carbons (Fsp3) is 0. The minimum atomic E-state index is 0.725. The highest BCUT2D eigenvalue weighted by atomic mass is 79.9. The summed E-state index contributed by atoms with van der Waals surface area (Å²) in [6.07, 6.45) is 1.63. The van der Waals surface area contributed by atoms with Gasteiger partial charge in [0.15, 0.2) is 0 Å². The number of aromatic nitrogens is 2. The third-order valence-corrected chi connectivity index (χ3v) is 0.825. The molecule has 1 rings (SSSR count).